The fourth-order valence-electron chi connectivity index (χ4n) is 2.90. The summed E-state index contributed by atoms with van der Waals surface area (Å²) in [6, 6.07) is 15.3. The lowest BCUT2D eigenvalue weighted by molar-refractivity contribution is 0.504. The van der Waals surface area contributed by atoms with Crippen LogP contribution in [0.4, 0.5) is 0 Å². The summed E-state index contributed by atoms with van der Waals surface area (Å²) in [5.74, 6) is 2.03. The summed E-state index contributed by atoms with van der Waals surface area (Å²) in [6.45, 7) is 4.47. The first-order valence-electron chi connectivity index (χ1n) is 8.45. The molecule has 0 saturated heterocycles. The summed E-state index contributed by atoms with van der Waals surface area (Å²) in [6.07, 6.45) is 6.73. The molecule has 0 spiro atoms. The van der Waals surface area contributed by atoms with E-state index in [1.165, 1.54) is 17.5 Å². The quantitative estimate of drug-likeness (QED) is 0.609. The number of nitrogens with zero attached hydrogens (tertiary/aromatic N) is 2. The molecule has 0 aromatic heterocycles. The van der Waals surface area contributed by atoms with Crippen molar-refractivity contribution in [1.29, 1.82) is 10.5 Å². The van der Waals surface area contributed by atoms with E-state index >= 15 is 0 Å². The number of hydrogen-bond acceptors (Lipinski definition) is 4. The van der Waals surface area contributed by atoms with Gasteiger partial charge in [0.15, 0.2) is 0 Å². The van der Waals surface area contributed by atoms with E-state index in [4.69, 9.17) is 20.0 Å². The Morgan fingerprint density at radius 3 is 1.56 bits per heavy atom. The lowest BCUT2D eigenvalue weighted by Gasteiger charge is -2.19. The lowest BCUT2D eigenvalue weighted by Crippen LogP contribution is -2.02. The summed E-state index contributed by atoms with van der Waals surface area (Å²) < 4.78 is 9.72. The van der Waals surface area contributed by atoms with Gasteiger partial charge in [0.1, 0.15) is 11.5 Å². The second-order valence-electron chi connectivity index (χ2n) is 6.40. The molecule has 0 radical (unpaired) electrons. The van der Waals surface area contributed by atoms with Crippen molar-refractivity contribution in [2.75, 3.05) is 0 Å². The van der Waals surface area contributed by atoms with Crippen LogP contribution < -0.4 is 9.47 Å². The Kier molecular flexibility index (Phi) is 6.87. The lowest BCUT2D eigenvalue weighted by atomic mass is 9.86. The van der Waals surface area contributed by atoms with Crippen LogP contribution in [0.15, 0.2) is 48.5 Å². The van der Waals surface area contributed by atoms with Gasteiger partial charge < -0.3 is 9.47 Å². The third-order valence-corrected chi connectivity index (χ3v) is 4.17. The molecule has 128 valence electrons. The molecule has 0 aliphatic carbocycles. The number of benzene rings is 2. The van der Waals surface area contributed by atoms with Crippen molar-refractivity contribution < 1.29 is 9.47 Å². The van der Waals surface area contributed by atoms with Crippen molar-refractivity contribution >= 4 is 0 Å². The Morgan fingerprint density at radius 1 is 0.760 bits per heavy atom. The molecule has 0 heterocycles. The maximum Gasteiger partial charge on any atom is 0.292 e. The number of nitriles is 2. The van der Waals surface area contributed by atoms with Gasteiger partial charge in [-0.2, -0.15) is 0 Å². The summed E-state index contributed by atoms with van der Waals surface area (Å²) in [7, 11) is 0. The smallest absolute Gasteiger partial charge is 0.292 e. The van der Waals surface area contributed by atoms with Crippen molar-refractivity contribution in [3.8, 4) is 24.0 Å². The van der Waals surface area contributed by atoms with Crippen LogP contribution in [0.25, 0.3) is 0 Å². The van der Waals surface area contributed by atoms with Crippen LogP contribution in [0.3, 0.4) is 0 Å². The molecule has 25 heavy (non-hydrogen) atoms. The molecule has 0 N–H and O–H groups in total. The SMILES string of the molecule is CC(C)CCCC(c1ccc(OC#N)cc1)c1ccc(OC#N)cc1. The largest absolute Gasteiger partial charge is 0.388 e. The van der Waals surface area contributed by atoms with Crippen LogP contribution in [0.1, 0.15) is 50.2 Å². The van der Waals surface area contributed by atoms with Crippen LogP contribution >= 0.6 is 0 Å². The molecule has 0 fully saturated rings. The first kappa shape index (κ1) is 18.4. The average molecular weight is 334 g/mol. The Balaban J connectivity index is 2.22. The molecular formula is C21H22N2O2. The molecule has 0 aliphatic rings. The van der Waals surface area contributed by atoms with Crippen molar-refractivity contribution in [2.24, 2.45) is 5.92 Å². The van der Waals surface area contributed by atoms with E-state index in [0.29, 0.717) is 17.4 Å². The van der Waals surface area contributed by atoms with Gasteiger partial charge in [0.05, 0.1) is 0 Å². The van der Waals surface area contributed by atoms with E-state index in [0.717, 1.165) is 12.8 Å². The Labute approximate surface area is 149 Å². The Bertz CT molecular complexity index is 678. The molecule has 2 aromatic rings. The molecular weight excluding hydrogens is 312 g/mol. The van der Waals surface area contributed by atoms with Gasteiger partial charge in [-0.15, -0.1) is 10.5 Å². The molecule has 0 unspecified atom stereocenters. The van der Waals surface area contributed by atoms with Gasteiger partial charge in [-0.1, -0.05) is 51.0 Å². The standard InChI is InChI=1S/C21H22N2O2/c1-16(2)4-3-5-21(17-6-10-19(11-7-17)24-14-22)18-8-12-20(13-9-18)25-15-23/h6-13,16,21H,3-5H2,1-2H3. The normalized spacial score (nSPS) is 10.3. The van der Waals surface area contributed by atoms with E-state index in [9.17, 15) is 0 Å². The second-order valence-corrected chi connectivity index (χ2v) is 6.40. The van der Waals surface area contributed by atoms with Crippen LogP contribution in [-0.2, 0) is 0 Å². The molecule has 0 saturated carbocycles. The second kappa shape index (κ2) is 9.35. The predicted molar refractivity (Wildman–Crippen MR) is 95.9 cm³/mol. The fourth-order valence-corrected chi connectivity index (χ4v) is 2.90. The van der Waals surface area contributed by atoms with Gasteiger partial charge in [-0.25, -0.2) is 0 Å². The molecule has 4 nitrogen and oxygen atoms in total. The van der Waals surface area contributed by atoms with Crippen LogP contribution in [0, 0.1) is 29.0 Å². The highest BCUT2D eigenvalue weighted by Gasteiger charge is 2.15. The van der Waals surface area contributed by atoms with Gasteiger partial charge in [0.2, 0.25) is 0 Å². The van der Waals surface area contributed by atoms with Gasteiger partial charge in [-0.3, -0.25) is 0 Å². The van der Waals surface area contributed by atoms with Gasteiger partial charge in [0.25, 0.3) is 12.5 Å². The molecule has 2 rings (SSSR count). The van der Waals surface area contributed by atoms with E-state index in [2.05, 4.69) is 13.8 Å². The van der Waals surface area contributed by atoms with Crippen molar-refractivity contribution in [1.82, 2.24) is 0 Å². The molecule has 4 heteroatoms. The van der Waals surface area contributed by atoms with Gasteiger partial charge in [0, 0.05) is 5.92 Å². The maximum atomic E-state index is 8.61. The van der Waals surface area contributed by atoms with Crippen LogP contribution in [0.2, 0.25) is 0 Å². The van der Waals surface area contributed by atoms with Gasteiger partial charge in [-0.05, 0) is 47.7 Å². The van der Waals surface area contributed by atoms with Crippen molar-refractivity contribution in [3.05, 3.63) is 59.7 Å². The first-order valence-corrected chi connectivity index (χ1v) is 8.45. The first-order chi connectivity index (χ1) is 12.1. The summed E-state index contributed by atoms with van der Waals surface area (Å²) in [5, 5.41) is 17.2. The highest BCUT2D eigenvalue weighted by Crippen LogP contribution is 2.32. The third kappa shape index (κ3) is 5.55. The van der Waals surface area contributed by atoms with Gasteiger partial charge >= 0.3 is 0 Å². The van der Waals surface area contributed by atoms with Crippen LogP contribution in [0.5, 0.6) is 11.5 Å². The van der Waals surface area contributed by atoms with Crippen LogP contribution in [-0.4, -0.2) is 0 Å². The minimum atomic E-state index is 0.256. The van der Waals surface area contributed by atoms with E-state index in [-0.39, 0.29) is 5.92 Å². The molecule has 0 atom stereocenters. The average Bonchev–Trinajstić information content (AvgIpc) is 2.61. The highest BCUT2D eigenvalue weighted by molar-refractivity contribution is 5.38. The highest BCUT2D eigenvalue weighted by atomic mass is 16.5. The summed E-state index contributed by atoms with van der Waals surface area (Å²) in [5.41, 5.74) is 2.37. The third-order valence-electron chi connectivity index (χ3n) is 4.17. The topological polar surface area (TPSA) is 66.0 Å². The zero-order chi connectivity index (χ0) is 18.1. The monoisotopic (exact) mass is 334 g/mol. The Hall–Kier alpha value is -2.98. The fraction of sp³-hybridized carbons (Fsp3) is 0.333. The Morgan fingerprint density at radius 2 is 1.20 bits per heavy atom. The number of ether oxygens (including phenoxy) is 2. The predicted octanol–water partition coefficient (Wildman–Crippen LogP) is 5.36. The molecule has 0 aliphatic heterocycles. The van der Waals surface area contributed by atoms with Crippen molar-refractivity contribution in [2.45, 2.75) is 39.0 Å². The molecule has 0 bridgehead atoms. The summed E-state index contributed by atoms with van der Waals surface area (Å²) in [4.78, 5) is 0. The van der Waals surface area contributed by atoms with E-state index < -0.39 is 0 Å². The van der Waals surface area contributed by atoms with Crippen molar-refractivity contribution in [3.63, 3.8) is 0 Å². The van der Waals surface area contributed by atoms with E-state index in [1.54, 1.807) is 12.5 Å². The molecule has 0 amide bonds. The minimum absolute atomic E-state index is 0.256. The maximum absolute atomic E-state index is 8.61. The van der Waals surface area contributed by atoms with E-state index in [1.807, 2.05) is 48.5 Å². The number of rotatable bonds is 8. The minimum Gasteiger partial charge on any atom is -0.388 e. The summed E-state index contributed by atoms with van der Waals surface area (Å²) >= 11 is 0. The zero-order valence-corrected chi connectivity index (χ0v) is 14.6. The molecule has 2 aromatic carbocycles. The number of hydrogen-bond donors (Lipinski definition) is 0. The zero-order valence-electron chi connectivity index (χ0n) is 14.6.